The second-order valence-corrected chi connectivity index (χ2v) is 8.17. The fraction of sp³-hybridized carbons (Fsp3) is 0.941. The summed E-state index contributed by atoms with van der Waals surface area (Å²) in [6.07, 6.45) is 5.88. The molecule has 4 atom stereocenters. The van der Waals surface area contributed by atoms with Crippen molar-refractivity contribution in [1.82, 2.24) is 10.2 Å². The number of amides is 1. The van der Waals surface area contributed by atoms with Crippen molar-refractivity contribution in [3.05, 3.63) is 0 Å². The maximum Gasteiger partial charge on any atom is 0.222 e. The lowest BCUT2D eigenvalue weighted by Crippen LogP contribution is -2.50. The number of nitrogens with zero attached hydrogens (tertiary/aromatic N) is 1. The van der Waals surface area contributed by atoms with Gasteiger partial charge in [0.25, 0.3) is 0 Å². The molecule has 3 fully saturated rings. The summed E-state index contributed by atoms with van der Waals surface area (Å²) < 4.78 is 0. The molecule has 114 valence electrons. The van der Waals surface area contributed by atoms with E-state index in [4.69, 9.17) is 0 Å². The van der Waals surface area contributed by atoms with E-state index in [1.54, 1.807) is 0 Å². The van der Waals surface area contributed by atoms with Gasteiger partial charge in [-0.05, 0) is 49.4 Å². The summed E-state index contributed by atoms with van der Waals surface area (Å²) in [6, 6.07) is 1.04. The average molecular weight is 278 g/mol. The molecule has 0 aromatic rings. The van der Waals surface area contributed by atoms with Crippen LogP contribution in [0.25, 0.3) is 0 Å². The Bertz CT molecular complexity index is 406. The Morgan fingerprint density at radius 1 is 1.40 bits per heavy atom. The Morgan fingerprint density at radius 3 is 2.65 bits per heavy atom. The van der Waals surface area contributed by atoms with Crippen LogP contribution in [0.15, 0.2) is 0 Å². The van der Waals surface area contributed by atoms with E-state index in [0.717, 1.165) is 31.8 Å². The van der Waals surface area contributed by atoms with E-state index in [1.807, 2.05) is 4.90 Å². The van der Waals surface area contributed by atoms with Gasteiger partial charge in [-0.3, -0.25) is 4.79 Å². The standard InChI is InChI=1S/C17H30N2O/c1-12(11-19-9-5-6-15(19)20)18-14-10-13-7-8-17(14,4)16(13,2)3/h12-14,18H,5-11H2,1-4H3. The van der Waals surface area contributed by atoms with Crippen LogP contribution in [-0.2, 0) is 4.79 Å². The van der Waals surface area contributed by atoms with E-state index in [-0.39, 0.29) is 0 Å². The lowest BCUT2D eigenvalue weighted by molar-refractivity contribution is -0.128. The molecule has 3 heteroatoms. The van der Waals surface area contributed by atoms with Gasteiger partial charge < -0.3 is 10.2 Å². The number of rotatable bonds is 4. The zero-order valence-corrected chi connectivity index (χ0v) is 13.5. The molecule has 1 heterocycles. The van der Waals surface area contributed by atoms with Crippen LogP contribution in [0.4, 0.5) is 0 Å². The molecule has 1 aliphatic heterocycles. The van der Waals surface area contributed by atoms with Crippen molar-refractivity contribution < 1.29 is 4.79 Å². The number of nitrogens with one attached hydrogen (secondary N) is 1. The van der Waals surface area contributed by atoms with Crippen LogP contribution >= 0.6 is 0 Å². The van der Waals surface area contributed by atoms with E-state index >= 15 is 0 Å². The summed E-state index contributed by atoms with van der Waals surface area (Å²) in [5, 5.41) is 3.86. The highest BCUT2D eigenvalue weighted by Gasteiger charge is 2.61. The van der Waals surface area contributed by atoms with Crippen molar-refractivity contribution in [2.75, 3.05) is 13.1 Å². The molecule has 4 unspecified atom stereocenters. The second kappa shape index (κ2) is 4.72. The van der Waals surface area contributed by atoms with Crippen LogP contribution in [0.1, 0.15) is 59.8 Å². The first-order valence-electron chi connectivity index (χ1n) is 8.38. The Balaban J connectivity index is 1.60. The summed E-state index contributed by atoms with van der Waals surface area (Å²) >= 11 is 0. The second-order valence-electron chi connectivity index (χ2n) is 8.17. The number of carbonyl (C=O) groups is 1. The first kappa shape index (κ1) is 14.4. The van der Waals surface area contributed by atoms with Crippen LogP contribution in [0, 0.1) is 16.7 Å². The predicted molar refractivity (Wildman–Crippen MR) is 81.4 cm³/mol. The molecule has 20 heavy (non-hydrogen) atoms. The molecule has 0 radical (unpaired) electrons. The lowest BCUT2D eigenvalue weighted by Gasteiger charge is -2.41. The van der Waals surface area contributed by atoms with Gasteiger partial charge in [0.1, 0.15) is 0 Å². The van der Waals surface area contributed by atoms with Crippen LogP contribution in [-0.4, -0.2) is 36.0 Å². The Labute approximate surface area is 123 Å². The fourth-order valence-electron chi connectivity index (χ4n) is 5.08. The first-order valence-corrected chi connectivity index (χ1v) is 8.38. The van der Waals surface area contributed by atoms with Crippen LogP contribution in [0.3, 0.4) is 0 Å². The van der Waals surface area contributed by atoms with Gasteiger partial charge in [-0.1, -0.05) is 20.8 Å². The number of hydrogen-bond acceptors (Lipinski definition) is 2. The van der Waals surface area contributed by atoms with E-state index in [9.17, 15) is 4.79 Å². The van der Waals surface area contributed by atoms with E-state index in [1.165, 1.54) is 19.3 Å². The molecule has 0 aromatic heterocycles. The predicted octanol–water partition coefficient (Wildman–Crippen LogP) is 2.80. The molecule has 3 nitrogen and oxygen atoms in total. The molecule has 1 saturated heterocycles. The number of likely N-dealkylation sites (tertiary alicyclic amines) is 1. The smallest absolute Gasteiger partial charge is 0.222 e. The summed E-state index contributed by atoms with van der Waals surface area (Å²) in [4.78, 5) is 13.8. The van der Waals surface area contributed by atoms with Gasteiger partial charge in [-0.15, -0.1) is 0 Å². The van der Waals surface area contributed by atoms with Crippen molar-refractivity contribution in [1.29, 1.82) is 0 Å². The minimum Gasteiger partial charge on any atom is -0.341 e. The highest BCUT2D eigenvalue weighted by Crippen LogP contribution is 2.65. The monoisotopic (exact) mass is 278 g/mol. The molecule has 1 amide bonds. The van der Waals surface area contributed by atoms with E-state index in [0.29, 0.717) is 28.8 Å². The zero-order valence-electron chi connectivity index (χ0n) is 13.5. The molecule has 2 aliphatic carbocycles. The lowest BCUT2D eigenvalue weighted by atomic mass is 9.69. The van der Waals surface area contributed by atoms with Gasteiger partial charge in [0.2, 0.25) is 5.91 Å². The van der Waals surface area contributed by atoms with Crippen LogP contribution in [0.2, 0.25) is 0 Å². The fourth-order valence-corrected chi connectivity index (χ4v) is 5.08. The van der Waals surface area contributed by atoms with Crippen molar-refractivity contribution in [3.63, 3.8) is 0 Å². The van der Waals surface area contributed by atoms with E-state index in [2.05, 4.69) is 33.0 Å². The third-order valence-corrected chi connectivity index (χ3v) is 6.95. The van der Waals surface area contributed by atoms with E-state index < -0.39 is 0 Å². The molecule has 3 rings (SSSR count). The number of fused-ring (bicyclic) bond motifs is 2. The number of hydrogen-bond donors (Lipinski definition) is 1. The van der Waals surface area contributed by atoms with Crippen molar-refractivity contribution >= 4 is 5.91 Å². The maximum atomic E-state index is 11.7. The van der Waals surface area contributed by atoms with Gasteiger partial charge in [-0.2, -0.15) is 0 Å². The quantitative estimate of drug-likeness (QED) is 0.857. The minimum absolute atomic E-state index is 0.345. The first-order chi connectivity index (χ1) is 9.34. The Kier molecular flexibility index (Phi) is 3.39. The van der Waals surface area contributed by atoms with Gasteiger partial charge in [0.05, 0.1) is 0 Å². The summed E-state index contributed by atoms with van der Waals surface area (Å²) in [7, 11) is 0. The summed E-state index contributed by atoms with van der Waals surface area (Å²) in [5.74, 6) is 1.23. The highest BCUT2D eigenvalue weighted by atomic mass is 16.2. The normalized spacial score (nSPS) is 40.6. The zero-order chi connectivity index (χ0) is 14.5. The SMILES string of the molecule is CC(CN1CCCC1=O)NC1CC2CCC1(C)C2(C)C. The number of carbonyl (C=O) groups excluding carboxylic acids is 1. The van der Waals surface area contributed by atoms with Gasteiger partial charge in [-0.25, -0.2) is 0 Å². The van der Waals surface area contributed by atoms with Gasteiger partial charge in [0.15, 0.2) is 0 Å². The highest BCUT2D eigenvalue weighted by molar-refractivity contribution is 5.78. The van der Waals surface area contributed by atoms with Crippen molar-refractivity contribution in [2.24, 2.45) is 16.7 Å². The molecule has 2 bridgehead atoms. The molecule has 1 N–H and O–H groups in total. The molecule has 3 aliphatic rings. The third-order valence-electron chi connectivity index (χ3n) is 6.95. The topological polar surface area (TPSA) is 32.3 Å². The van der Waals surface area contributed by atoms with Crippen LogP contribution < -0.4 is 5.32 Å². The van der Waals surface area contributed by atoms with Gasteiger partial charge in [0, 0.05) is 31.6 Å². The molecule has 2 saturated carbocycles. The minimum atomic E-state index is 0.345. The average Bonchev–Trinajstić information content (AvgIpc) is 2.91. The summed E-state index contributed by atoms with van der Waals surface area (Å²) in [6.45, 7) is 11.5. The van der Waals surface area contributed by atoms with Crippen molar-refractivity contribution in [3.8, 4) is 0 Å². The maximum absolute atomic E-state index is 11.7. The van der Waals surface area contributed by atoms with Crippen molar-refractivity contribution in [2.45, 2.75) is 71.9 Å². The summed E-state index contributed by atoms with van der Waals surface area (Å²) in [5.41, 5.74) is 0.898. The molecular weight excluding hydrogens is 248 g/mol. The molecular formula is C17H30N2O. The van der Waals surface area contributed by atoms with Crippen LogP contribution in [0.5, 0.6) is 0 Å². The third kappa shape index (κ3) is 2.01. The largest absolute Gasteiger partial charge is 0.341 e. The molecule has 0 spiro atoms. The molecule has 0 aromatic carbocycles. The Morgan fingerprint density at radius 2 is 2.15 bits per heavy atom. The Hall–Kier alpha value is -0.570. The van der Waals surface area contributed by atoms with Gasteiger partial charge >= 0.3 is 0 Å².